The molecule has 22 heavy (non-hydrogen) atoms. The Kier molecular flexibility index (Phi) is 5.08. The number of ether oxygens (including phenoxy) is 2. The summed E-state index contributed by atoms with van der Waals surface area (Å²) in [6.07, 6.45) is 4.81. The molecule has 3 rings (SSSR count). The Morgan fingerprint density at radius 1 is 1.36 bits per heavy atom. The van der Waals surface area contributed by atoms with Crippen molar-refractivity contribution in [2.24, 2.45) is 5.92 Å². The Labute approximate surface area is 133 Å². The average Bonchev–Trinajstić information content (AvgIpc) is 2.75. The zero-order valence-electron chi connectivity index (χ0n) is 13.7. The minimum Gasteiger partial charge on any atom is -0.377 e. The van der Waals surface area contributed by atoms with Gasteiger partial charge in [0.1, 0.15) is 5.60 Å². The van der Waals surface area contributed by atoms with E-state index in [1.165, 1.54) is 5.56 Å². The van der Waals surface area contributed by atoms with Crippen LogP contribution in [0.2, 0.25) is 0 Å². The molecule has 2 aliphatic heterocycles. The van der Waals surface area contributed by atoms with Crippen LogP contribution < -0.4 is 0 Å². The van der Waals surface area contributed by atoms with Gasteiger partial charge in [-0.05, 0) is 44.1 Å². The zero-order valence-corrected chi connectivity index (χ0v) is 13.7. The lowest BCUT2D eigenvalue weighted by Crippen LogP contribution is -2.44. The summed E-state index contributed by atoms with van der Waals surface area (Å²) in [5.41, 5.74) is 1.18. The SMILES string of the molecule is CN(C)CC1COC2(COCCN(Cc3ccncc3)C2)C1. The van der Waals surface area contributed by atoms with Gasteiger partial charge in [0.25, 0.3) is 0 Å². The summed E-state index contributed by atoms with van der Waals surface area (Å²) in [6.45, 7) is 6.31. The Bertz CT molecular complexity index is 468. The molecule has 0 aliphatic carbocycles. The van der Waals surface area contributed by atoms with Crippen LogP contribution in [0.25, 0.3) is 0 Å². The molecular formula is C17H27N3O2. The second kappa shape index (κ2) is 7.04. The van der Waals surface area contributed by atoms with E-state index < -0.39 is 0 Å². The summed E-state index contributed by atoms with van der Waals surface area (Å²) >= 11 is 0. The Balaban J connectivity index is 1.63. The smallest absolute Gasteiger partial charge is 0.104 e. The second-order valence-corrected chi connectivity index (χ2v) is 6.95. The molecule has 2 aliphatic rings. The molecule has 0 N–H and O–H groups in total. The molecule has 2 saturated heterocycles. The summed E-state index contributed by atoms with van der Waals surface area (Å²) in [5.74, 6) is 0.611. The van der Waals surface area contributed by atoms with E-state index in [0.717, 1.165) is 52.4 Å². The number of hydrogen-bond donors (Lipinski definition) is 0. The van der Waals surface area contributed by atoms with Crippen molar-refractivity contribution in [3.05, 3.63) is 30.1 Å². The monoisotopic (exact) mass is 305 g/mol. The van der Waals surface area contributed by atoms with E-state index in [1.54, 1.807) is 0 Å². The van der Waals surface area contributed by atoms with Crippen LogP contribution >= 0.6 is 0 Å². The van der Waals surface area contributed by atoms with Crippen LogP contribution in [0.5, 0.6) is 0 Å². The van der Waals surface area contributed by atoms with Gasteiger partial charge in [-0.3, -0.25) is 9.88 Å². The van der Waals surface area contributed by atoms with Crippen LogP contribution in [0.3, 0.4) is 0 Å². The molecule has 1 aromatic rings. The lowest BCUT2D eigenvalue weighted by Gasteiger charge is -2.31. The van der Waals surface area contributed by atoms with Gasteiger partial charge in [-0.1, -0.05) is 0 Å². The van der Waals surface area contributed by atoms with Crippen LogP contribution in [0.15, 0.2) is 24.5 Å². The highest BCUT2D eigenvalue weighted by molar-refractivity contribution is 5.10. The number of hydrogen-bond acceptors (Lipinski definition) is 5. The number of rotatable bonds is 4. The summed E-state index contributed by atoms with van der Waals surface area (Å²) < 4.78 is 12.1. The molecule has 3 heterocycles. The number of nitrogens with zero attached hydrogens (tertiary/aromatic N) is 3. The Morgan fingerprint density at radius 2 is 2.18 bits per heavy atom. The van der Waals surface area contributed by atoms with Crippen LogP contribution in [0.4, 0.5) is 0 Å². The second-order valence-electron chi connectivity index (χ2n) is 6.95. The molecule has 0 bridgehead atoms. The van der Waals surface area contributed by atoms with E-state index in [2.05, 4.69) is 41.0 Å². The normalized spacial score (nSPS) is 30.0. The van der Waals surface area contributed by atoms with E-state index in [1.807, 2.05) is 12.4 Å². The van der Waals surface area contributed by atoms with Crippen LogP contribution in [0, 0.1) is 5.92 Å². The molecule has 5 heteroatoms. The molecule has 1 spiro atoms. The maximum atomic E-state index is 6.24. The zero-order chi connectivity index (χ0) is 15.4. The van der Waals surface area contributed by atoms with Crippen molar-refractivity contribution in [1.82, 2.24) is 14.8 Å². The summed E-state index contributed by atoms with van der Waals surface area (Å²) in [4.78, 5) is 8.80. The third kappa shape index (κ3) is 4.04. The lowest BCUT2D eigenvalue weighted by atomic mass is 9.94. The van der Waals surface area contributed by atoms with Gasteiger partial charge < -0.3 is 14.4 Å². The maximum Gasteiger partial charge on any atom is 0.104 e. The van der Waals surface area contributed by atoms with Crippen molar-refractivity contribution < 1.29 is 9.47 Å². The molecule has 5 nitrogen and oxygen atoms in total. The van der Waals surface area contributed by atoms with Crippen LogP contribution in [0.1, 0.15) is 12.0 Å². The Morgan fingerprint density at radius 3 is 2.95 bits per heavy atom. The first-order chi connectivity index (χ1) is 10.7. The summed E-state index contributed by atoms with van der Waals surface area (Å²) in [5, 5.41) is 0. The minimum atomic E-state index is -0.121. The van der Waals surface area contributed by atoms with E-state index in [4.69, 9.17) is 9.47 Å². The van der Waals surface area contributed by atoms with Crippen molar-refractivity contribution in [2.45, 2.75) is 18.6 Å². The summed E-state index contributed by atoms with van der Waals surface area (Å²) in [6, 6.07) is 4.17. The van der Waals surface area contributed by atoms with E-state index >= 15 is 0 Å². The van der Waals surface area contributed by atoms with E-state index in [0.29, 0.717) is 5.92 Å². The maximum absolute atomic E-state index is 6.24. The predicted octanol–water partition coefficient (Wildman–Crippen LogP) is 1.25. The average molecular weight is 305 g/mol. The number of aromatic nitrogens is 1. The van der Waals surface area contributed by atoms with E-state index in [9.17, 15) is 0 Å². The molecular weight excluding hydrogens is 278 g/mol. The number of pyridine rings is 1. The van der Waals surface area contributed by atoms with Crippen molar-refractivity contribution in [2.75, 3.05) is 53.6 Å². The highest BCUT2D eigenvalue weighted by Crippen LogP contribution is 2.33. The molecule has 2 atom stereocenters. The fourth-order valence-electron chi connectivity index (χ4n) is 3.65. The van der Waals surface area contributed by atoms with Gasteiger partial charge in [0.15, 0.2) is 0 Å². The molecule has 0 amide bonds. The van der Waals surface area contributed by atoms with Crippen molar-refractivity contribution in [1.29, 1.82) is 0 Å². The standard InChI is InChI=1S/C17H27N3O2/c1-19(2)10-16-9-17(22-12-16)13-20(7-8-21-14-17)11-15-3-5-18-6-4-15/h3-6,16H,7-14H2,1-2H3. The van der Waals surface area contributed by atoms with E-state index in [-0.39, 0.29) is 5.60 Å². The molecule has 0 radical (unpaired) electrons. The van der Waals surface area contributed by atoms with Crippen molar-refractivity contribution in [3.63, 3.8) is 0 Å². The van der Waals surface area contributed by atoms with Crippen LogP contribution in [-0.4, -0.2) is 73.9 Å². The molecule has 2 unspecified atom stereocenters. The first kappa shape index (κ1) is 15.9. The van der Waals surface area contributed by atoms with Gasteiger partial charge in [-0.25, -0.2) is 0 Å². The van der Waals surface area contributed by atoms with Crippen molar-refractivity contribution >= 4 is 0 Å². The Hall–Kier alpha value is -1.01. The third-order valence-corrected chi connectivity index (χ3v) is 4.49. The highest BCUT2D eigenvalue weighted by Gasteiger charge is 2.43. The lowest BCUT2D eigenvalue weighted by molar-refractivity contribution is -0.0563. The molecule has 0 saturated carbocycles. The first-order valence-electron chi connectivity index (χ1n) is 8.13. The fraction of sp³-hybridized carbons (Fsp3) is 0.706. The van der Waals surface area contributed by atoms with Gasteiger partial charge in [0, 0.05) is 38.6 Å². The van der Waals surface area contributed by atoms with Crippen LogP contribution in [-0.2, 0) is 16.0 Å². The van der Waals surface area contributed by atoms with Gasteiger partial charge >= 0.3 is 0 Å². The van der Waals surface area contributed by atoms with Gasteiger partial charge in [-0.2, -0.15) is 0 Å². The fourth-order valence-corrected chi connectivity index (χ4v) is 3.65. The third-order valence-electron chi connectivity index (χ3n) is 4.49. The predicted molar refractivity (Wildman–Crippen MR) is 85.7 cm³/mol. The van der Waals surface area contributed by atoms with Crippen molar-refractivity contribution in [3.8, 4) is 0 Å². The first-order valence-corrected chi connectivity index (χ1v) is 8.13. The molecule has 122 valence electrons. The van der Waals surface area contributed by atoms with Gasteiger partial charge in [0.05, 0.1) is 19.8 Å². The minimum absolute atomic E-state index is 0.121. The molecule has 2 fully saturated rings. The largest absolute Gasteiger partial charge is 0.377 e. The highest BCUT2D eigenvalue weighted by atomic mass is 16.5. The topological polar surface area (TPSA) is 37.8 Å². The molecule has 1 aromatic heterocycles. The molecule has 0 aromatic carbocycles. The summed E-state index contributed by atoms with van der Waals surface area (Å²) in [7, 11) is 4.26. The van der Waals surface area contributed by atoms with Gasteiger partial charge in [-0.15, -0.1) is 0 Å². The van der Waals surface area contributed by atoms with Gasteiger partial charge in [0.2, 0.25) is 0 Å². The quantitative estimate of drug-likeness (QED) is 0.837.